The Bertz CT molecular complexity index is 2660. The van der Waals surface area contributed by atoms with Crippen LogP contribution in [0.5, 0.6) is 0 Å². The van der Waals surface area contributed by atoms with Crippen molar-refractivity contribution in [3.63, 3.8) is 0 Å². The molecule has 0 atom stereocenters. The minimum Gasteiger partial charge on any atom is -0.324 e. The lowest BCUT2D eigenvalue weighted by Crippen LogP contribution is -2.13. The van der Waals surface area contributed by atoms with Crippen molar-refractivity contribution in [2.75, 3.05) is 0 Å². The largest absolute Gasteiger partial charge is 0.324 e. The van der Waals surface area contributed by atoms with E-state index in [4.69, 9.17) is 19.9 Å². The van der Waals surface area contributed by atoms with Gasteiger partial charge in [-0.25, -0.2) is 19.9 Å². The lowest BCUT2D eigenvalue weighted by atomic mass is 10.1. The molecule has 0 N–H and O–H groups in total. The van der Waals surface area contributed by atoms with Crippen LogP contribution in [0, 0.1) is 27.7 Å². The Kier molecular flexibility index (Phi) is 5.96. The number of fused-ring (bicyclic) bond motifs is 4. The summed E-state index contributed by atoms with van der Waals surface area (Å²) < 4.78 is 9.16. The molecule has 4 aromatic heterocycles. The summed E-state index contributed by atoms with van der Waals surface area (Å²) in [5.41, 5.74) is 12.4. The summed E-state index contributed by atoms with van der Waals surface area (Å²) >= 11 is 0. The van der Waals surface area contributed by atoms with E-state index in [1.807, 2.05) is 24.3 Å². The molecule has 0 amide bonds. The molecule has 0 aliphatic rings. The topological polar surface area (TPSA) is 71.3 Å². The second-order valence-corrected chi connectivity index (χ2v) is 12.2. The summed E-state index contributed by atoms with van der Waals surface area (Å²) in [4.78, 5) is 19.9. The Hall–Kier alpha value is -6.02. The number of aryl methyl sites for hydroxylation is 4. The van der Waals surface area contributed by atoms with Crippen molar-refractivity contribution in [2.24, 2.45) is 0 Å². The van der Waals surface area contributed by atoms with Crippen molar-refractivity contribution < 1.29 is 0 Å². The molecule has 0 aliphatic carbocycles. The Morgan fingerprint density at radius 2 is 0.766 bits per heavy atom. The van der Waals surface area contributed by atoms with Crippen LogP contribution in [0.4, 0.5) is 0 Å². The minimum absolute atomic E-state index is 0.621. The summed E-state index contributed by atoms with van der Waals surface area (Å²) in [7, 11) is 0. The van der Waals surface area contributed by atoms with Crippen molar-refractivity contribution in [3.05, 3.63) is 138 Å². The van der Waals surface area contributed by atoms with Gasteiger partial charge in [0.05, 0.1) is 67.7 Å². The Morgan fingerprint density at radius 1 is 0.404 bits per heavy atom. The molecule has 0 saturated carbocycles. The third kappa shape index (κ3) is 4.14. The first-order valence-electron chi connectivity index (χ1n) is 15.9. The standard InChI is InChI=1S/C39H32N8/c1-24-40-29-13-5-9-17-33(29)44(24)23-28-21-38(46-26(3)42-31-15-7-11-19-35(31)46)39(47-27(4)43-32-16-8-12-20-36(32)47)22-37(28)45-25(2)41-30-14-6-10-18-34(30)45/h5-22H,23H2,1-4H3. The van der Waals surface area contributed by atoms with Gasteiger partial charge in [-0.2, -0.15) is 0 Å². The van der Waals surface area contributed by atoms with Crippen LogP contribution in [0.25, 0.3) is 61.2 Å². The predicted molar refractivity (Wildman–Crippen MR) is 188 cm³/mol. The molecule has 0 saturated heterocycles. The number of aromatic nitrogens is 8. The molecule has 0 radical (unpaired) electrons. The fourth-order valence-corrected chi connectivity index (χ4v) is 7.22. The normalized spacial score (nSPS) is 11.9. The van der Waals surface area contributed by atoms with Gasteiger partial charge in [-0.05, 0) is 93.9 Å². The molecule has 0 spiro atoms. The molecule has 0 unspecified atom stereocenters. The molecule has 8 nitrogen and oxygen atoms in total. The summed E-state index contributed by atoms with van der Waals surface area (Å²) in [6.45, 7) is 8.95. The van der Waals surface area contributed by atoms with Gasteiger partial charge < -0.3 is 4.57 Å². The Balaban J connectivity index is 1.43. The summed E-state index contributed by atoms with van der Waals surface area (Å²) in [6, 6.07) is 38.0. The van der Waals surface area contributed by atoms with Crippen molar-refractivity contribution >= 4 is 44.1 Å². The number of hydrogen-bond acceptors (Lipinski definition) is 4. The zero-order chi connectivity index (χ0) is 31.8. The molecular weight excluding hydrogens is 580 g/mol. The second kappa shape index (κ2) is 10.3. The lowest BCUT2D eigenvalue weighted by molar-refractivity contribution is 0.775. The molecule has 47 heavy (non-hydrogen) atoms. The summed E-state index contributed by atoms with van der Waals surface area (Å²) in [6.07, 6.45) is 0. The molecule has 8 heteroatoms. The maximum atomic E-state index is 4.99. The van der Waals surface area contributed by atoms with E-state index in [-0.39, 0.29) is 0 Å². The maximum absolute atomic E-state index is 4.99. The van der Waals surface area contributed by atoms with Crippen LogP contribution in [0.1, 0.15) is 28.9 Å². The minimum atomic E-state index is 0.621. The van der Waals surface area contributed by atoms with Gasteiger partial charge >= 0.3 is 0 Å². The molecular formula is C39H32N8. The third-order valence-electron chi connectivity index (χ3n) is 9.26. The first-order valence-corrected chi connectivity index (χ1v) is 15.9. The molecule has 5 aromatic carbocycles. The molecule has 4 heterocycles. The van der Waals surface area contributed by atoms with E-state index in [0.29, 0.717) is 6.54 Å². The number of imidazole rings is 4. The van der Waals surface area contributed by atoms with Gasteiger partial charge in [0, 0.05) is 0 Å². The maximum Gasteiger partial charge on any atom is 0.111 e. The van der Waals surface area contributed by atoms with Gasteiger partial charge in [0.2, 0.25) is 0 Å². The van der Waals surface area contributed by atoms with Gasteiger partial charge in [0.1, 0.15) is 23.3 Å². The highest BCUT2D eigenvalue weighted by Crippen LogP contribution is 2.36. The van der Waals surface area contributed by atoms with Crippen molar-refractivity contribution in [2.45, 2.75) is 34.2 Å². The van der Waals surface area contributed by atoms with Gasteiger partial charge in [-0.1, -0.05) is 48.5 Å². The molecule has 9 aromatic rings. The first kappa shape index (κ1) is 27.3. The number of rotatable bonds is 5. The average molecular weight is 613 g/mol. The van der Waals surface area contributed by atoms with E-state index in [9.17, 15) is 0 Å². The highest BCUT2D eigenvalue weighted by molar-refractivity contribution is 5.85. The summed E-state index contributed by atoms with van der Waals surface area (Å²) in [5.74, 6) is 3.73. The van der Waals surface area contributed by atoms with Crippen molar-refractivity contribution in [1.29, 1.82) is 0 Å². The number of benzene rings is 5. The van der Waals surface area contributed by atoms with E-state index in [1.54, 1.807) is 0 Å². The molecule has 0 aliphatic heterocycles. The van der Waals surface area contributed by atoms with E-state index < -0.39 is 0 Å². The first-order chi connectivity index (χ1) is 23.0. The van der Waals surface area contributed by atoms with E-state index in [1.165, 1.54) is 0 Å². The third-order valence-corrected chi connectivity index (χ3v) is 9.26. The summed E-state index contributed by atoms with van der Waals surface area (Å²) in [5, 5.41) is 0. The van der Waals surface area contributed by atoms with Crippen molar-refractivity contribution in [3.8, 4) is 17.1 Å². The zero-order valence-electron chi connectivity index (χ0n) is 26.7. The fourth-order valence-electron chi connectivity index (χ4n) is 7.22. The molecule has 0 fully saturated rings. The highest BCUT2D eigenvalue weighted by Gasteiger charge is 2.23. The van der Waals surface area contributed by atoms with Gasteiger partial charge in [0.25, 0.3) is 0 Å². The van der Waals surface area contributed by atoms with Gasteiger partial charge in [0.15, 0.2) is 0 Å². The van der Waals surface area contributed by atoms with Crippen LogP contribution in [0.2, 0.25) is 0 Å². The fraction of sp³-hybridized carbons (Fsp3) is 0.128. The van der Waals surface area contributed by atoms with Crippen LogP contribution < -0.4 is 0 Å². The van der Waals surface area contributed by atoms with E-state index >= 15 is 0 Å². The van der Waals surface area contributed by atoms with Crippen LogP contribution in [0.3, 0.4) is 0 Å². The van der Waals surface area contributed by atoms with Gasteiger partial charge in [-0.15, -0.1) is 0 Å². The number of nitrogens with zero attached hydrogens (tertiary/aromatic N) is 8. The highest BCUT2D eigenvalue weighted by atomic mass is 15.2. The monoisotopic (exact) mass is 612 g/mol. The number of hydrogen-bond donors (Lipinski definition) is 0. The van der Waals surface area contributed by atoms with Crippen LogP contribution in [0.15, 0.2) is 109 Å². The quantitative estimate of drug-likeness (QED) is 0.196. The average Bonchev–Trinajstić information content (AvgIpc) is 3.79. The zero-order valence-corrected chi connectivity index (χ0v) is 26.7. The molecule has 228 valence electrons. The van der Waals surface area contributed by atoms with Gasteiger partial charge in [-0.3, -0.25) is 13.7 Å². The Morgan fingerprint density at radius 3 is 1.26 bits per heavy atom. The van der Waals surface area contributed by atoms with Crippen LogP contribution in [-0.4, -0.2) is 38.2 Å². The number of para-hydroxylation sites is 8. The Labute approximate surface area is 271 Å². The lowest BCUT2D eigenvalue weighted by Gasteiger charge is -2.22. The predicted octanol–water partition coefficient (Wildman–Crippen LogP) is 8.33. The van der Waals surface area contributed by atoms with E-state index in [2.05, 4.69) is 131 Å². The molecule has 0 bridgehead atoms. The second-order valence-electron chi connectivity index (χ2n) is 12.2. The van der Waals surface area contributed by atoms with Crippen LogP contribution in [-0.2, 0) is 6.54 Å². The SMILES string of the molecule is Cc1nc2ccccc2n1Cc1cc(-n2c(C)nc3ccccc32)c(-n2c(C)nc3ccccc32)cc1-n1c(C)nc2ccccc21. The molecule has 9 rings (SSSR count). The smallest absolute Gasteiger partial charge is 0.111 e. The van der Waals surface area contributed by atoms with Crippen LogP contribution >= 0.6 is 0 Å². The van der Waals surface area contributed by atoms with E-state index in [0.717, 1.165) is 90.1 Å². The van der Waals surface area contributed by atoms with Crippen molar-refractivity contribution in [1.82, 2.24) is 38.2 Å².